The molecule has 0 saturated carbocycles. The van der Waals surface area contributed by atoms with Gasteiger partial charge in [-0.05, 0) is 6.07 Å². The molecule has 1 atom stereocenters. The van der Waals surface area contributed by atoms with Crippen LogP contribution in [0.4, 0.5) is 22.4 Å². The number of alkyl halides is 3. The van der Waals surface area contributed by atoms with Crippen molar-refractivity contribution in [1.29, 1.82) is 0 Å². The van der Waals surface area contributed by atoms with Gasteiger partial charge in [0.05, 0.1) is 18.2 Å². The average molecular weight is 300 g/mol. The first-order valence-corrected chi connectivity index (χ1v) is 5.18. The van der Waals surface area contributed by atoms with Crippen molar-refractivity contribution < 1.29 is 27.1 Å². The van der Waals surface area contributed by atoms with Crippen LogP contribution in [0.2, 0.25) is 0 Å². The Morgan fingerprint density at radius 2 is 2.00 bits per heavy atom. The van der Waals surface area contributed by atoms with Crippen LogP contribution in [0.15, 0.2) is 18.2 Å². The number of nitrogens with one attached hydrogen (secondary N) is 1. The van der Waals surface area contributed by atoms with E-state index in [0.717, 1.165) is 6.07 Å². The van der Waals surface area contributed by atoms with Gasteiger partial charge in [-0.2, -0.15) is 13.2 Å². The molecule has 1 amide bonds. The lowest BCUT2D eigenvalue weighted by molar-refractivity contribution is -0.140. The second-order valence-corrected chi connectivity index (χ2v) is 3.83. The first-order chi connectivity index (χ1) is 8.39. The monoisotopic (exact) mass is 299 g/mol. The number of amides is 1. The van der Waals surface area contributed by atoms with Crippen LogP contribution in [0.3, 0.4) is 0 Å². The number of alkyl carbamates (subject to hydrolysis) is 1. The Morgan fingerprint density at radius 1 is 1.32 bits per heavy atom. The number of hydrogen-bond donors (Lipinski definition) is 1. The van der Waals surface area contributed by atoms with E-state index >= 15 is 0 Å². The molecule has 1 saturated heterocycles. The fourth-order valence-electron chi connectivity index (χ4n) is 1.80. The van der Waals surface area contributed by atoms with Gasteiger partial charge in [-0.15, -0.1) is 12.4 Å². The lowest BCUT2D eigenvalue weighted by atomic mass is 10.00. The summed E-state index contributed by atoms with van der Waals surface area (Å²) >= 11 is 0. The second kappa shape index (κ2) is 5.64. The molecule has 1 fully saturated rings. The number of carbonyl (C=O) groups is 1. The van der Waals surface area contributed by atoms with Crippen LogP contribution in [0.25, 0.3) is 0 Å². The fraction of sp³-hybridized carbons (Fsp3) is 0.364. The molecular weight excluding hydrogens is 290 g/mol. The number of carbonyl (C=O) groups excluding carboxylic acids is 1. The normalized spacial score (nSPS) is 19.2. The summed E-state index contributed by atoms with van der Waals surface area (Å²) < 4.78 is 55.9. The van der Waals surface area contributed by atoms with Gasteiger partial charge in [-0.25, -0.2) is 9.18 Å². The van der Waals surface area contributed by atoms with E-state index in [0.29, 0.717) is 6.07 Å². The SMILES string of the molecule is Cl.O=C1N[C@H](c2cccc(C(F)(F)F)c2F)CCO1. The van der Waals surface area contributed by atoms with Crippen molar-refractivity contribution in [2.24, 2.45) is 0 Å². The summed E-state index contributed by atoms with van der Waals surface area (Å²) in [5.41, 5.74) is -1.51. The predicted octanol–water partition coefficient (Wildman–Crippen LogP) is 3.44. The molecule has 3 nitrogen and oxygen atoms in total. The zero-order chi connectivity index (χ0) is 13.3. The number of benzene rings is 1. The van der Waals surface area contributed by atoms with E-state index in [1.165, 1.54) is 6.07 Å². The van der Waals surface area contributed by atoms with Crippen LogP contribution in [-0.2, 0) is 10.9 Å². The number of ether oxygens (including phenoxy) is 1. The standard InChI is InChI=1S/C11H9F4NO2.ClH/c12-9-6(8-4-5-18-10(17)16-8)2-1-3-7(9)11(13,14)15;/h1-3,8H,4-5H2,(H,16,17);1H/t8-;/m0./s1. The molecule has 0 bridgehead atoms. The van der Waals surface area contributed by atoms with Crippen molar-refractivity contribution in [3.05, 3.63) is 35.1 Å². The molecule has 0 aliphatic carbocycles. The maximum absolute atomic E-state index is 13.8. The largest absolute Gasteiger partial charge is 0.449 e. The van der Waals surface area contributed by atoms with Crippen molar-refractivity contribution >= 4 is 18.5 Å². The minimum atomic E-state index is -4.75. The molecule has 0 aromatic heterocycles. The summed E-state index contributed by atoms with van der Waals surface area (Å²) in [7, 11) is 0. The summed E-state index contributed by atoms with van der Waals surface area (Å²) in [5.74, 6) is -1.35. The molecule has 19 heavy (non-hydrogen) atoms. The highest BCUT2D eigenvalue weighted by Crippen LogP contribution is 2.34. The summed E-state index contributed by atoms with van der Waals surface area (Å²) in [5, 5.41) is 2.28. The topological polar surface area (TPSA) is 38.3 Å². The molecule has 0 spiro atoms. The summed E-state index contributed by atoms with van der Waals surface area (Å²) in [4.78, 5) is 11.0. The molecule has 1 aliphatic rings. The van der Waals surface area contributed by atoms with Gasteiger partial charge < -0.3 is 10.1 Å². The predicted molar refractivity (Wildman–Crippen MR) is 60.5 cm³/mol. The lowest BCUT2D eigenvalue weighted by Gasteiger charge is -2.24. The van der Waals surface area contributed by atoms with E-state index < -0.39 is 29.7 Å². The molecule has 2 rings (SSSR count). The van der Waals surface area contributed by atoms with Crippen molar-refractivity contribution in [1.82, 2.24) is 5.32 Å². The highest BCUT2D eigenvalue weighted by molar-refractivity contribution is 5.85. The quantitative estimate of drug-likeness (QED) is 0.807. The van der Waals surface area contributed by atoms with Gasteiger partial charge in [0.2, 0.25) is 0 Å². The second-order valence-electron chi connectivity index (χ2n) is 3.83. The van der Waals surface area contributed by atoms with Gasteiger partial charge in [-0.3, -0.25) is 0 Å². The Hall–Kier alpha value is -1.50. The molecule has 0 radical (unpaired) electrons. The van der Waals surface area contributed by atoms with E-state index in [2.05, 4.69) is 10.1 Å². The van der Waals surface area contributed by atoms with Crippen molar-refractivity contribution in [3.8, 4) is 0 Å². The minimum absolute atomic E-state index is 0. The molecule has 1 heterocycles. The molecule has 1 aliphatic heterocycles. The van der Waals surface area contributed by atoms with E-state index in [4.69, 9.17) is 0 Å². The first kappa shape index (κ1) is 15.6. The molecular formula is C11H10ClF4NO2. The van der Waals surface area contributed by atoms with Crippen molar-refractivity contribution in [2.45, 2.75) is 18.6 Å². The number of cyclic esters (lactones) is 1. The fourth-order valence-corrected chi connectivity index (χ4v) is 1.80. The van der Waals surface area contributed by atoms with Crippen LogP contribution < -0.4 is 5.32 Å². The van der Waals surface area contributed by atoms with Crippen LogP contribution in [0.5, 0.6) is 0 Å². The zero-order valence-corrected chi connectivity index (χ0v) is 10.3. The Balaban J connectivity index is 0.00000180. The van der Waals surface area contributed by atoms with Gasteiger partial charge in [-0.1, -0.05) is 12.1 Å². The molecule has 8 heteroatoms. The highest BCUT2D eigenvalue weighted by atomic mass is 35.5. The minimum Gasteiger partial charge on any atom is -0.449 e. The van der Waals surface area contributed by atoms with Gasteiger partial charge in [0.1, 0.15) is 5.82 Å². The number of rotatable bonds is 1. The van der Waals surface area contributed by atoms with E-state index in [9.17, 15) is 22.4 Å². The molecule has 1 N–H and O–H groups in total. The molecule has 1 aromatic carbocycles. The summed E-state index contributed by atoms with van der Waals surface area (Å²) in [6.07, 6.45) is -5.29. The van der Waals surface area contributed by atoms with Crippen molar-refractivity contribution in [3.63, 3.8) is 0 Å². The summed E-state index contributed by atoms with van der Waals surface area (Å²) in [6.45, 7) is 0.0478. The van der Waals surface area contributed by atoms with E-state index in [-0.39, 0.29) is 31.0 Å². The van der Waals surface area contributed by atoms with Crippen molar-refractivity contribution in [2.75, 3.05) is 6.61 Å². The van der Waals surface area contributed by atoms with Gasteiger partial charge in [0, 0.05) is 12.0 Å². The Labute approximate surface area is 112 Å². The summed E-state index contributed by atoms with van der Waals surface area (Å²) in [6, 6.07) is 2.21. The number of hydrogen-bond acceptors (Lipinski definition) is 2. The maximum Gasteiger partial charge on any atom is 0.419 e. The van der Waals surface area contributed by atoms with Gasteiger partial charge >= 0.3 is 12.3 Å². The Kier molecular flexibility index (Phi) is 4.62. The third kappa shape index (κ3) is 3.28. The lowest BCUT2D eigenvalue weighted by Crippen LogP contribution is -2.36. The van der Waals surface area contributed by atoms with Gasteiger partial charge in [0.25, 0.3) is 0 Å². The number of halogens is 5. The molecule has 1 aromatic rings. The van der Waals surface area contributed by atoms with Crippen LogP contribution in [0.1, 0.15) is 23.6 Å². The van der Waals surface area contributed by atoms with Crippen LogP contribution in [-0.4, -0.2) is 12.7 Å². The third-order valence-electron chi connectivity index (χ3n) is 2.64. The molecule has 0 unspecified atom stereocenters. The Morgan fingerprint density at radius 3 is 2.58 bits per heavy atom. The van der Waals surface area contributed by atoms with Crippen LogP contribution in [0, 0.1) is 5.82 Å². The Bertz CT molecular complexity index is 478. The van der Waals surface area contributed by atoms with Gasteiger partial charge in [0.15, 0.2) is 0 Å². The zero-order valence-electron chi connectivity index (χ0n) is 9.46. The van der Waals surface area contributed by atoms with E-state index in [1.807, 2.05) is 0 Å². The van der Waals surface area contributed by atoms with Crippen LogP contribution >= 0.6 is 12.4 Å². The molecule has 106 valence electrons. The van der Waals surface area contributed by atoms with E-state index in [1.54, 1.807) is 0 Å². The average Bonchev–Trinajstić information content (AvgIpc) is 2.27. The maximum atomic E-state index is 13.8. The third-order valence-corrected chi connectivity index (χ3v) is 2.64. The smallest absolute Gasteiger partial charge is 0.419 e. The highest BCUT2D eigenvalue weighted by Gasteiger charge is 2.36. The first-order valence-electron chi connectivity index (χ1n) is 5.18.